The highest BCUT2D eigenvalue weighted by molar-refractivity contribution is 7.93. The normalized spacial score (nSPS) is 10.8. The molecule has 0 aliphatic heterocycles. The van der Waals surface area contributed by atoms with E-state index in [0.717, 1.165) is 0 Å². The third-order valence-electron chi connectivity index (χ3n) is 2.52. The van der Waals surface area contributed by atoms with Crippen LogP contribution in [0.25, 0.3) is 0 Å². The first-order chi connectivity index (χ1) is 10.3. The molecule has 1 rings (SSSR count). The highest BCUT2D eigenvalue weighted by Crippen LogP contribution is 2.17. The number of ether oxygens (including phenoxy) is 1. The van der Waals surface area contributed by atoms with Crippen molar-refractivity contribution in [1.29, 1.82) is 0 Å². The second-order valence-corrected chi connectivity index (χ2v) is 6.77. The van der Waals surface area contributed by atoms with Gasteiger partial charge in [-0.15, -0.1) is 12.4 Å². The molecule has 1 aromatic carbocycles. The molecule has 0 spiro atoms. The number of nitrogens with two attached hydrogens (primary N) is 1. The van der Waals surface area contributed by atoms with Gasteiger partial charge in [0.25, 0.3) is 0 Å². The Balaban J connectivity index is 0.00000484. The van der Waals surface area contributed by atoms with Crippen molar-refractivity contribution >= 4 is 34.0 Å². The molecular formula is C14H24ClN3O4S. The Hall–Kier alpha value is -1.51. The zero-order valence-corrected chi connectivity index (χ0v) is 14.9. The molecular weight excluding hydrogens is 342 g/mol. The van der Waals surface area contributed by atoms with Gasteiger partial charge in [-0.25, -0.2) is 8.42 Å². The van der Waals surface area contributed by atoms with Gasteiger partial charge in [0.05, 0.1) is 6.10 Å². The van der Waals surface area contributed by atoms with Gasteiger partial charge < -0.3 is 15.8 Å². The van der Waals surface area contributed by atoms with Gasteiger partial charge in [-0.2, -0.15) is 0 Å². The zero-order valence-electron chi connectivity index (χ0n) is 13.2. The maximum absolute atomic E-state index is 11.9. The van der Waals surface area contributed by atoms with E-state index in [9.17, 15) is 13.2 Å². The molecule has 0 aliphatic carbocycles. The van der Waals surface area contributed by atoms with Crippen LogP contribution in [0.15, 0.2) is 24.3 Å². The Labute approximate surface area is 143 Å². The van der Waals surface area contributed by atoms with Crippen LogP contribution in [0.4, 0.5) is 5.69 Å². The van der Waals surface area contributed by atoms with E-state index in [4.69, 9.17) is 10.5 Å². The van der Waals surface area contributed by atoms with Crippen LogP contribution in [-0.2, 0) is 14.8 Å². The summed E-state index contributed by atoms with van der Waals surface area (Å²) in [6.07, 6.45) is 0.649. The molecule has 0 saturated heterocycles. The molecule has 23 heavy (non-hydrogen) atoms. The van der Waals surface area contributed by atoms with Crippen LogP contribution in [0.3, 0.4) is 0 Å². The van der Waals surface area contributed by atoms with Crippen LogP contribution in [0, 0.1) is 0 Å². The van der Waals surface area contributed by atoms with Crippen molar-refractivity contribution in [3.63, 3.8) is 0 Å². The fourth-order valence-electron chi connectivity index (χ4n) is 1.64. The molecule has 0 fully saturated rings. The highest BCUT2D eigenvalue weighted by atomic mass is 35.5. The SMILES string of the molecule is CC(C)Oc1ccc(NS(=O)(=O)CC(=O)NCCCN)cc1.Cl. The van der Waals surface area contributed by atoms with Crippen molar-refractivity contribution in [3.05, 3.63) is 24.3 Å². The second-order valence-electron chi connectivity index (χ2n) is 5.04. The predicted octanol–water partition coefficient (Wildman–Crippen LogP) is 1.10. The van der Waals surface area contributed by atoms with Crippen molar-refractivity contribution in [1.82, 2.24) is 5.32 Å². The molecule has 0 saturated carbocycles. The van der Waals surface area contributed by atoms with Gasteiger partial charge >= 0.3 is 0 Å². The first kappa shape index (κ1) is 21.5. The minimum absolute atomic E-state index is 0. The number of amides is 1. The van der Waals surface area contributed by atoms with Gasteiger partial charge in [0.1, 0.15) is 11.5 Å². The molecule has 0 heterocycles. The summed E-state index contributed by atoms with van der Waals surface area (Å²) in [6, 6.07) is 6.50. The standard InChI is InChI=1S/C14H23N3O4S.ClH/c1-11(2)21-13-6-4-12(5-7-13)17-22(19,20)10-14(18)16-9-3-8-15;/h4-7,11,17H,3,8-10,15H2,1-2H3,(H,16,18);1H. The van der Waals surface area contributed by atoms with Crippen molar-refractivity contribution in [2.24, 2.45) is 5.73 Å². The monoisotopic (exact) mass is 365 g/mol. The van der Waals surface area contributed by atoms with Crippen molar-refractivity contribution < 1.29 is 17.9 Å². The lowest BCUT2D eigenvalue weighted by molar-refractivity contribution is -0.118. The lowest BCUT2D eigenvalue weighted by Gasteiger charge is -2.11. The van der Waals surface area contributed by atoms with Crippen LogP contribution >= 0.6 is 12.4 Å². The molecule has 0 unspecified atom stereocenters. The lowest BCUT2D eigenvalue weighted by Crippen LogP contribution is -2.34. The van der Waals surface area contributed by atoms with Gasteiger partial charge in [0.2, 0.25) is 15.9 Å². The van der Waals surface area contributed by atoms with E-state index in [1.54, 1.807) is 24.3 Å². The minimum atomic E-state index is -3.74. The molecule has 4 N–H and O–H groups in total. The van der Waals surface area contributed by atoms with Crippen molar-refractivity contribution in [2.45, 2.75) is 26.4 Å². The molecule has 132 valence electrons. The largest absolute Gasteiger partial charge is 0.491 e. The second kappa shape index (κ2) is 10.3. The number of rotatable bonds is 9. The Morgan fingerprint density at radius 3 is 2.39 bits per heavy atom. The van der Waals surface area contributed by atoms with Gasteiger partial charge in [-0.3, -0.25) is 9.52 Å². The Kier molecular flexibility index (Phi) is 9.62. The summed E-state index contributed by atoms with van der Waals surface area (Å²) in [7, 11) is -3.74. The van der Waals surface area contributed by atoms with Crippen LogP contribution in [0.5, 0.6) is 5.75 Å². The molecule has 1 aromatic rings. The zero-order chi connectivity index (χ0) is 16.6. The Morgan fingerprint density at radius 1 is 1.26 bits per heavy atom. The highest BCUT2D eigenvalue weighted by Gasteiger charge is 2.16. The number of carbonyl (C=O) groups is 1. The van der Waals surface area contributed by atoms with Crippen LogP contribution in [0.1, 0.15) is 20.3 Å². The summed E-state index contributed by atoms with van der Waals surface area (Å²) in [6.45, 7) is 4.61. The summed E-state index contributed by atoms with van der Waals surface area (Å²) < 4.78 is 31.6. The summed E-state index contributed by atoms with van der Waals surface area (Å²) in [5, 5.41) is 2.50. The third kappa shape index (κ3) is 9.27. The first-order valence-corrected chi connectivity index (χ1v) is 8.71. The molecule has 0 atom stereocenters. The number of nitrogens with one attached hydrogen (secondary N) is 2. The number of benzene rings is 1. The van der Waals surface area contributed by atoms with Crippen molar-refractivity contribution in [3.8, 4) is 5.75 Å². The number of halogens is 1. The molecule has 0 bridgehead atoms. The minimum Gasteiger partial charge on any atom is -0.491 e. The number of sulfonamides is 1. The number of hydrogen-bond acceptors (Lipinski definition) is 5. The molecule has 9 heteroatoms. The average Bonchev–Trinajstić information content (AvgIpc) is 2.39. The topological polar surface area (TPSA) is 111 Å². The summed E-state index contributed by atoms with van der Waals surface area (Å²) in [4.78, 5) is 11.5. The molecule has 7 nitrogen and oxygen atoms in total. The number of hydrogen-bond donors (Lipinski definition) is 3. The maximum Gasteiger partial charge on any atom is 0.241 e. The quantitative estimate of drug-likeness (QED) is 0.567. The van der Waals surface area contributed by atoms with E-state index < -0.39 is 21.7 Å². The van der Waals surface area contributed by atoms with E-state index in [1.807, 2.05) is 13.8 Å². The Bertz CT molecular complexity index is 576. The number of carbonyl (C=O) groups excluding carboxylic acids is 1. The molecule has 1 amide bonds. The Morgan fingerprint density at radius 2 is 1.87 bits per heavy atom. The van der Waals surface area contributed by atoms with Crippen LogP contribution in [-0.4, -0.2) is 39.3 Å². The van der Waals surface area contributed by atoms with E-state index in [1.165, 1.54) is 0 Å². The lowest BCUT2D eigenvalue weighted by atomic mass is 10.3. The van der Waals surface area contributed by atoms with E-state index in [0.29, 0.717) is 30.9 Å². The van der Waals surface area contributed by atoms with Gasteiger partial charge in [-0.1, -0.05) is 0 Å². The van der Waals surface area contributed by atoms with Crippen LogP contribution < -0.4 is 20.5 Å². The van der Waals surface area contributed by atoms with Gasteiger partial charge in [0.15, 0.2) is 0 Å². The van der Waals surface area contributed by atoms with Crippen LogP contribution in [0.2, 0.25) is 0 Å². The summed E-state index contributed by atoms with van der Waals surface area (Å²) in [5.41, 5.74) is 5.67. The van der Waals surface area contributed by atoms with Gasteiger partial charge in [0, 0.05) is 12.2 Å². The molecule has 0 aliphatic rings. The van der Waals surface area contributed by atoms with E-state index >= 15 is 0 Å². The van der Waals surface area contributed by atoms with Gasteiger partial charge in [-0.05, 0) is 51.1 Å². The smallest absolute Gasteiger partial charge is 0.241 e. The fraction of sp³-hybridized carbons (Fsp3) is 0.500. The summed E-state index contributed by atoms with van der Waals surface area (Å²) in [5.74, 6) is -0.528. The van der Waals surface area contributed by atoms with Crippen molar-refractivity contribution in [2.75, 3.05) is 23.6 Å². The predicted molar refractivity (Wildman–Crippen MR) is 93.5 cm³/mol. The first-order valence-electron chi connectivity index (χ1n) is 7.06. The average molecular weight is 366 g/mol. The fourth-order valence-corrected chi connectivity index (χ4v) is 2.66. The summed E-state index contributed by atoms with van der Waals surface area (Å²) >= 11 is 0. The maximum atomic E-state index is 11.9. The van der Waals surface area contributed by atoms with E-state index in [2.05, 4.69) is 10.0 Å². The third-order valence-corrected chi connectivity index (χ3v) is 3.71. The molecule has 0 radical (unpaired) electrons. The van der Waals surface area contributed by atoms with E-state index in [-0.39, 0.29) is 18.5 Å². The number of anilines is 1. The molecule has 0 aromatic heterocycles.